The second-order valence-corrected chi connectivity index (χ2v) is 7.69. The monoisotopic (exact) mass is 461 g/mol. The van der Waals surface area contributed by atoms with Gasteiger partial charge in [0.25, 0.3) is 0 Å². The predicted octanol–water partition coefficient (Wildman–Crippen LogP) is 5.37. The number of hydrogen-bond donors (Lipinski definition) is 1. The lowest BCUT2D eigenvalue weighted by Crippen LogP contribution is -2.49. The lowest BCUT2D eigenvalue weighted by molar-refractivity contribution is -0.137. The highest BCUT2D eigenvalue weighted by Gasteiger charge is 2.31. The van der Waals surface area contributed by atoms with E-state index in [0.717, 1.165) is 29.5 Å². The SMILES string of the molecule is COc1ccc(Cl)cc1CN1CCN(C(=O)Nc2cc(C(F)(F)F)ccc2Cl)CC1. The number of carbonyl (C=O) groups is 1. The van der Waals surface area contributed by atoms with E-state index in [1.54, 1.807) is 24.1 Å². The van der Waals surface area contributed by atoms with Gasteiger partial charge in [0, 0.05) is 43.3 Å². The summed E-state index contributed by atoms with van der Waals surface area (Å²) in [5.41, 5.74) is 0.00345. The third-order valence-corrected chi connectivity index (χ3v) is 5.40. The Morgan fingerprint density at radius 3 is 2.43 bits per heavy atom. The Bertz CT molecular complexity index is 917. The van der Waals surface area contributed by atoms with Gasteiger partial charge in [-0.3, -0.25) is 4.90 Å². The number of anilines is 1. The fourth-order valence-corrected chi connectivity index (χ4v) is 3.57. The maximum Gasteiger partial charge on any atom is 0.416 e. The number of urea groups is 1. The van der Waals surface area contributed by atoms with Crippen LogP contribution in [0.15, 0.2) is 36.4 Å². The molecule has 5 nitrogen and oxygen atoms in total. The Morgan fingerprint density at radius 2 is 1.80 bits per heavy atom. The molecule has 10 heteroatoms. The van der Waals surface area contributed by atoms with Crippen molar-refractivity contribution in [1.29, 1.82) is 0 Å². The van der Waals surface area contributed by atoms with Crippen molar-refractivity contribution >= 4 is 34.9 Å². The molecule has 0 unspecified atom stereocenters. The number of rotatable bonds is 4. The lowest BCUT2D eigenvalue weighted by Gasteiger charge is -2.35. The molecule has 0 radical (unpaired) electrons. The van der Waals surface area contributed by atoms with E-state index >= 15 is 0 Å². The van der Waals surface area contributed by atoms with Crippen LogP contribution in [0, 0.1) is 0 Å². The van der Waals surface area contributed by atoms with Crippen LogP contribution < -0.4 is 10.1 Å². The van der Waals surface area contributed by atoms with Crippen LogP contribution in [0.1, 0.15) is 11.1 Å². The number of ether oxygens (including phenoxy) is 1. The number of hydrogen-bond acceptors (Lipinski definition) is 3. The molecule has 1 fully saturated rings. The largest absolute Gasteiger partial charge is 0.496 e. The van der Waals surface area contributed by atoms with E-state index in [1.165, 1.54) is 0 Å². The smallest absolute Gasteiger partial charge is 0.416 e. The molecule has 0 aliphatic carbocycles. The number of alkyl halides is 3. The Morgan fingerprint density at radius 1 is 1.10 bits per heavy atom. The summed E-state index contributed by atoms with van der Waals surface area (Å²) in [6.07, 6.45) is -4.52. The molecule has 1 saturated heterocycles. The number of halogens is 5. The van der Waals surface area contributed by atoms with Crippen molar-refractivity contribution in [1.82, 2.24) is 9.80 Å². The summed E-state index contributed by atoms with van der Waals surface area (Å²) < 4.78 is 44.1. The Hall–Kier alpha value is -2.16. The van der Waals surface area contributed by atoms with Gasteiger partial charge < -0.3 is 15.0 Å². The fourth-order valence-electron chi connectivity index (χ4n) is 3.21. The molecule has 2 aromatic carbocycles. The van der Waals surface area contributed by atoms with Crippen molar-refractivity contribution in [2.24, 2.45) is 0 Å². The van der Waals surface area contributed by atoms with E-state index < -0.39 is 17.8 Å². The first-order valence-corrected chi connectivity index (χ1v) is 9.90. The number of nitrogens with zero attached hydrogens (tertiary/aromatic N) is 2. The van der Waals surface area contributed by atoms with E-state index in [2.05, 4.69) is 10.2 Å². The van der Waals surface area contributed by atoms with Gasteiger partial charge in [0.1, 0.15) is 5.75 Å². The van der Waals surface area contributed by atoms with Gasteiger partial charge in [-0.05, 0) is 36.4 Å². The summed E-state index contributed by atoms with van der Waals surface area (Å²) in [6.45, 7) is 2.65. The summed E-state index contributed by atoms with van der Waals surface area (Å²) in [5, 5.41) is 3.14. The lowest BCUT2D eigenvalue weighted by atomic mass is 10.1. The molecule has 3 rings (SSSR count). The van der Waals surface area contributed by atoms with Gasteiger partial charge in [-0.1, -0.05) is 23.2 Å². The molecule has 1 aliphatic rings. The summed E-state index contributed by atoms with van der Waals surface area (Å²) in [5.74, 6) is 0.735. The van der Waals surface area contributed by atoms with Gasteiger partial charge in [0.05, 0.1) is 23.4 Å². The van der Waals surface area contributed by atoms with Gasteiger partial charge in [0.2, 0.25) is 0 Å². The number of carbonyl (C=O) groups excluding carboxylic acids is 1. The minimum atomic E-state index is -4.52. The number of nitrogens with one attached hydrogen (secondary N) is 1. The molecule has 1 N–H and O–H groups in total. The van der Waals surface area contributed by atoms with Gasteiger partial charge in [-0.2, -0.15) is 13.2 Å². The summed E-state index contributed by atoms with van der Waals surface area (Å²) in [7, 11) is 1.59. The van der Waals surface area contributed by atoms with Crippen LogP contribution >= 0.6 is 23.2 Å². The fraction of sp³-hybridized carbons (Fsp3) is 0.350. The second kappa shape index (κ2) is 9.32. The molecule has 0 atom stereocenters. The first kappa shape index (κ1) is 22.5. The zero-order valence-corrected chi connectivity index (χ0v) is 17.6. The highest BCUT2D eigenvalue weighted by molar-refractivity contribution is 6.33. The predicted molar refractivity (Wildman–Crippen MR) is 110 cm³/mol. The van der Waals surface area contributed by atoms with E-state index in [9.17, 15) is 18.0 Å². The van der Waals surface area contributed by atoms with Crippen molar-refractivity contribution in [3.8, 4) is 5.75 Å². The van der Waals surface area contributed by atoms with Crippen LogP contribution in [0.4, 0.5) is 23.7 Å². The molecule has 30 heavy (non-hydrogen) atoms. The van der Waals surface area contributed by atoms with Gasteiger partial charge in [0.15, 0.2) is 0 Å². The molecule has 0 saturated carbocycles. The molecule has 2 aromatic rings. The minimum absolute atomic E-state index is 0.0445. The van der Waals surface area contributed by atoms with Gasteiger partial charge in [-0.15, -0.1) is 0 Å². The van der Waals surface area contributed by atoms with Crippen LogP contribution in [0.2, 0.25) is 10.0 Å². The van der Waals surface area contributed by atoms with E-state index in [0.29, 0.717) is 37.7 Å². The number of benzene rings is 2. The standard InChI is InChI=1S/C20H20Cl2F3N3O2/c1-30-18-5-3-15(21)10-13(18)12-27-6-8-28(9-7-27)19(29)26-17-11-14(20(23,24)25)2-4-16(17)22/h2-5,10-11H,6-9,12H2,1H3,(H,26,29). The van der Waals surface area contributed by atoms with E-state index in [1.807, 2.05) is 6.07 Å². The van der Waals surface area contributed by atoms with Crippen LogP contribution in [0.3, 0.4) is 0 Å². The van der Waals surface area contributed by atoms with Gasteiger partial charge in [-0.25, -0.2) is 4.79 Å². The van der Waals surface area contributed by atoms with Crippen molar-refractivity contribution in [3.05, 3.63) is 57.6 Å². The Balaban J connectivity index is 1.59. The van der Waals surface area contributed by atoms with E-state index in [4.69, 9.17) is 27.9 Å². The maximum atomic E-state index is 12.9. The summed E-state index contributed by atoms with van der Waals surface area (Å²) in [6, 6.07) is 7.75. The van der Waals surface area contributed by atoms with Crippen LogP contribution in [0.25, 0.3) is 0 Å². The van der Waals surface area contributed by atoms with Crippen molar-refractivity contribution < 1.29 is 22.7 Å². The second-order valence-electron chi connectivity index (χ2n) is 6.84. The third-order valence-electron chi connectivity index (χ3n) is 4.83. The first-order chi connectivity index (χ1) is 14.2. The number of amides is 2. The zero-order chi connectivity index (χ0) is 21.9. The molecule has 162 valence electrons. The average molecular weight is 462 g/mol. The van der Waals surface area contributed by atoms with Crippen molar-refractivity contribution in [2.75, 3.05) is 38.6 Å². The first-order valence-electron chi connectivity index (χ1n) is 9.15. The van der Waals surface area contributed by atoms with Gasteiger partial charge >= 0.3 is 12.2 Å². The molecule has 1 heterocycles. The number of methoxy groups -OCH3 is 1. The highest BCUT2D eigenvalue weighted by atomic mass is 35.5. The number of piperazine rings is 1. The summed E-state index contributed by atoms with van der Waals surface area (Å²) in [4.78, 5) is 16.2. The third kappa shape index (κ3) is 5.50. The molecule has 1 aliphatic heterocycles. The average Bonchev–Trinajstić information content (AvgIpc) is 2.69. The molecule has 0 aromatic heterocycles. The van der Waals surface area contributed by atoms with Crippen LogP contribution in [-0.2, 0) is 12.7 Å². The summed E-state index contributed by atoms with van der Waals surface area (Å²) >= 11 is 12.0. The Labute approximate surface area is 182 Å². The quantitative estimate of drug-likeness (QED) is 0.665. The van der Waals surface area contributed by atoms with Crippen molar-refractivity contribution in [3.63, 3.8) is 0 Å². The molecular formula is C20H20Cl2F3N3O2. The maximum absolute atomic E-state index is 12.9. The normalized spacial score (nSPS) is 15.2. The van der Waals surface area contributed by atoms with Crippen LogP contribution in [-0.4, -0.2) is 49.1 Å². The molecular weight excluding hydrogens is 442 g/mol. The topological polar surface area (TPSA) is 44.8 Å². The highest BCUT2D eigenvalue weighted by Crippen LogP contribution is 2.34. The van der Waals surface area contributed by atoms with Crippen molar-refractivity contribution in [2.45, 2.75) is 12.7 Å². The Kier molecular flexibility index (Phi) is 7.00. The van der Waals surface area contributed by atoms with Crippen LogP contribution in [0.5, 0.6) is 5.75 Å². The molecule has 0 spiro atoms. The minimum Gasteiger partial charge on any atom is -0.496 e. The zero-order valence-electron chi connectivity index (χ0n) is 16.1. The molecule has 0 bridgehead atoms. The molecule has 2 amide bonds. The van der Waals surface area contributed by atoms with E-state index in [-0.39, 0.29) is 10.7 Å².